The van der Waals surface area contributed by atoms with Gasteiger partial charge in [-0.3, -0.25) is 23.0 Å². The van der Waals surface area contributed by atoms with Crippen molar-refractivity contribution in [2.75, 3.05) is 20.3 Å². The zero-order valence-electron chi connectivity index (χ0n) is 35.7. The second-order valence-corrected chi connectivity index (χ2v) is 19.5. The molecule has 7 rings (SSSR count). The van der Waals surface area contributed by atoms with E-state index in [0.717, 1.165) is 34.9 Å². The van der Waals surface area contributed by atoms with Crippen molar-refractivity contribution in [3.8, 4) is 0 Å². The Balaban J connectivity index is 1.22. The molecule has 0 bridgehead atoms. The molecule has 340 valence electrons. The van der Waals surface area contributed by atoms with Crippen LogP contribution in [0.25, 0.3) is 0 Å². The summed E-state index contributed by atoms with van der Waals surface area (Å²) >= 11 is 0. The Morgan fingerprint density at radius 1 is 0.516 bits per heavy atom. The van der Waals surface area contributed by atoms with Gasteiger partial charge in [0, 0.05) is 14.0 Å². The summed E-state index contributed by atoms with van der Waals surface area (Å²) in [6.45, 7) is 0.774. The normalized spacial score (nSPS) is 28.0. The maximum atomic E-state index is 15.6. The highest BCUT2D eigenvalue weighted by Gasteiger charge is 2.59. The Bertz CT molecular complexity index is 2260. The van der Waals surface area contributed by atoms with Crippen molar-refractivity contribution in [1.29, 1.82) is 0 Å². The Morgan fingerprint density at radius 3 is 1.30 bits per heavy atom. The van der Waals surface area contributed by atoms with E-state index in [4.69, 9.17) is 46.5 Å². The predicted octanol–water partition coefficient (Wildman–Crippen LogP) is 8.60. The van der Waals surface area contributed by atoms with Crippen molar-refractivity contribution in [3.05, 3.63) is 179 Å². The first-order chi connectivity index (χ1) is 31.1. The molecule has 14 nitrogen and oxygen atoms in total. The van der Waals surface area contributed by atoms with Gasteiger partial charge in [0.15, 0.2) is 5.85 Å². The molecule has 2 aliphatic heterocycles. The topological polar surface area (TPSA) is 164 Å². The van der Waals surface area contributed by atoms with Gasteiger partial charge in [0.25, 0.3) is 0 Å². The molecule has 0 spiro atoms. The Labute approximate surface area is 373 Å². The quantitative estimate of drug-likeness (QED) is 0.0550. The molecule has 2 heterocycles. The molecule has 5 aromatic carbocycles. The molecule has 0 amide bonds. The summed E-state index contributed by atoms with van der Waals surface area (Å²) < 4.78 is 91.9. The summed E-state index contributed by atoms with van der Waals surface area (Å²) in [5, 5.41) is 11.6. The zero-order chi connectivity index (χ0) is 44.8. The van der Waals surface area contributed by atoms with Gasteiger partial charge in [-0.05, 0) is 27.8 Å². The van der Waals surface area contributed by atoms with Crippen LogP contribution < -0.4 is 0 Å². The van der Waals surface area contributed by atoms with Crippen LogP contribution in [-0.4, -0.2) is 79.7 Å². The van der Waals surface area contributed by atoms with E-state index in [1.807, 2.05) is 152 Å². The molecule has 64 heavy (non-hydrogen) atoms. The SMILES string of the molecule is CO[P@]1(=O)O[C@H](CO[P@]2(=O)O[C@H](COCc3ccccc3)[C@@H](OCc3ccccc3)[C@H](OCc3ccccc3)[C@H]2OC(C)=O)[C@@H](OCc2ccccc2)[C@H](OCc2ccccc2)[C@@H]1O. The van der Waals surface area contributed by atoms with Gasteiger partial charge in [-0.25, -0.2) is 0 Å². The van der Waals surface area contributed by atoms with E-state index in [2.05, 4.69) is 0 Å². The highest BCUT2D eigenvalue weighted by Crippen LogP contribution is 2.62. The van der Waals surface area contributed by atoms with E-state index in [-0.39, 0.29) is 39.6 Å². The van der Waals surface area contributed by atoms with Crippen LogP contribution in [0.2, 0.25) is 0 Å². The molecular formula is C48H54O14P2. The van der Waals surface area contributed by atoms with Crippen LogP contribution in [0.5, 0.6) is 0 Å². The number of carbonyl (C=O) groups excluding carboxylic acids is 1. The first kappa shape index (κ1) is 47.6. The molecular weight excluding hydrogens is 862 g/mol. The number of ether oxygens (including phenoxy) is 6. The van der Waals surface area contributed by atoms with Crippen molar-refractivity contribution in [1.82, 2.24) is 0 Å². The Morgan fingerprint density at radius 2 is 0.875 bits per heavy atom. The van der Waals surface area contributed by atoms with Crippen LogP contribution in [-0.2, 0) is 93.5 Å². The average Bonchev–Trinajstić information content (AvgIpc) is 3.32. The number of aliphatic hydroxyl groups is 1. The van der Waals surface area contributed by atoms with Crippen molar-refractivity contribution < 1.29 is 65.5 Å². The maximum Gasteiger partial charge on any atom is 0.374 e. The molecule has 2 fully saturated rings. The molecule has 0 unspecified atom stereocenters. The number of esters is 1. The summed E-state index contributed by atoms with van der Waals surface area (Å²) in [6.07, 6.45) is -7.14. The lowest BCUT2D eigenvalue weighted by Gasteiger charge is -2.46. The van der Waals surface area contributed by atoms with Crippen molar-refractivity contribution in [2.24, 2.45) is 0 Å². The smallest absolute Gasteiger partial charge is 0.374 e. The lowest BCUT2D eigenvalue weighted by molar-refractivity contribution is -0.197. The predicted molar refractivity (Wildman–Crippen MR) is 236 cm³/mol. The molecule has 0 aliphatic carbocycles. The molecule has 0 aromatic heterocycles. The summed E-state index contributed by atoms with van der Waals surface area (Å²) in [4.78, 5) is 13.0. The van der Waals surface area contributed by atoms with E-state index in [9.17, 15) is 14.5 Å². The van der Waals surface area contributed by atoms with E-state index >= 15 is 4.57 Å². The van der Waals surface area contributed by atoms with Crippen molar-refractivity contribution in [2.45, 2.75) is 88.3 Å². The van der Waals surface area contributed by atoms with E-state index in [1.165, 1.54) is 6.92 Å². The Kier molecular flexibility index (Phi) is 17.2. The van der Waals surface area contributed by atoms with Crippen LogP contribution in [0, 0.1) is 0 Å². The second kappa shape index (κ2) is 23.2. The second-order valence-electron chi connectivity index (χ2n) is 15.3. The zero-order valence-corrected chi connectivity index (χ0v) is 37.4. The van der Waals surface area contributed by atoms with Crippen LogP contribution in [0.1, 0.15) is 34.7 Å². The number of benzene rings is 5. The molecule has 5 aromatic rings. The first-order valence-corrected chi connectivity index (χ1v) is 24.2. The molecule has 1 N–H and O–H groups in total. The van der Waals surface area contributed by atoms with Gasteiger partial charge in [0.1, 0.15) is 36.6 Å². The van der Waals surface area contributed by atoms with E-state index in [1.54, 1.807) is 0 Å². The lowest BCUT2D eigenvalue weighted by Crippen LogP contribution is -2.56. The average molecular weight is 917 g/mol. The summed E-state index contributed by atoms with van der Waals surface area (Å²) in [7, 11) is -7.88. The number of aliphatic hydroxyl groups excluding tert-OH is 1. The molecule has 16 heteroatoms. The third-order valence-electron chi connectivity index (χ3n) is 10.7. The standard InChI is InChI=1S/C48H54O14P2/c1-35(49)60-48-46(58-32-40-26-16-7-17-27-40)44(56-30-38-22-12-5-13-23-38)41(33-54-28-36-18-8-3-9-19-36)62-64(48,52)59-34-42-43(55-29-37-20-10-4-11-21-37)45(47(50)63(51,53-2)61-42)57-31-39-24-14-6-15-25-39/h3-27,41-48,50H,28-34H2,1-2H3/t41-,42-,43-,44-,45+,46+,47-,48+,63+,64+/m1/s1. The monoisotopic (exact) mass is 916 g/mol. The minimum Gasteiger partial charge on any atom is -0.447 e. The number of hydrogen-bond donors (Lipinski definition) is 1. The van der Waals surface area contributed by atoms with Gasteiger partial charge in [-0.15, -0.1) is 0 Å². The number of rotatable bonds is 21. The van der Waals surface area contributed by atoms with Gasteiger partial charge in [-0.2, -0.15) is 0 Å². The van der Waals surface area contributed by atoms with Gasteiger partial charge < -0.3 is 42.6 Å². The summed E-state index contributed by atoms with van der Waals surface area (Å²) in [5.74, 6) is -4.24. The fourth-order valence-corrected chi connectivity index (χ4v) is 11.1. The van der Waals surface area contributed by atoms with Crippen molar-refractivity contribution >= 4 is 21.2 Å². The van der Waals surface area contributed by atoms with E-state index < -0.39 is 76.1 Å². The van der Waals surface area contributed by atoms with Crippen LogP contribution in [0.15, 0.2) is 152 Å². The summed E-state index contributed by atoms with van der Waals surface area (Å²) in [6, 6.07) is 46.8. The van der Waals surface area contributed by atoms with Gasteiger partial charge in [-0.1, -0.05) is 152 Å². The Hall–Kier alpha value is -4.37. The fraction of sp³-hybridized carbons (Fsp3) is 0.354. The van der Waals surface area contributed by atoms with Crippen LogP contribution >= 0.6 is 15.2 Å². The minimum atomic E-state index is -4.67. The molecule has 2 saturated heterocycles. The molecule has 0 saturated carbocycles. The molecule has 10 atom stereocenters. The number of hydrogen-bond acceptors (Lipinski definition) is 14. The highest BCUT2D eigenvalue weighted by molar-refractivity contribution is 7.55. The maximum absolute atomic E-state index is 15.6. The highest BCUT2D eigenvalue weighted by atomic mass is 31.2. The van der Waals surface area contributed by atoms with Gasteiger partial charge in [0.05, 0.1) is 46.2 Å². The van der Waals surface area contributed by atoms with Crippen molar-refractivity contribution in [3.63, 3.8) is 0 Å². The lowest BCUT2D eigenvalue weighted by atomic mass is 10.1. The molecule has 0 radical (unpaired) electrons. The minimum absolute atomic E-state index is 0.0106. The van der Waals surface area contributed by atoms with Crippen LogP contribution in [0.3, 0.4) is 0 Å². The van der Waals surface area contributed by atoms with Crippen LogP contribution in [0.4, 0.5) is 0 Å². The fourth-order valence-electron chi connectivity index (χ4n) is 7.42. The summed E-state index contributed by atoms with van der Waals surface area (Å²) in [5.41, 5.74) is 4.08. The third kappa shape index (κ3) is 12.7. The van der Waals surface area contributed by atoms with Gasteiger partial charge >= 0.3 is 21.2 Å². The van der Waals surface area contributed by atoms with Gasteiger partial charge in [0.2, 0.25) is 5.85 Å². The first-order valence-electron chi connectivity index (χ1n) is 21.0. The molecule has 2 aliphatic rings. The largest absolute Gasteiger partial charge is 0.447 e. The van der Waals surface area contributed by atoms with E-state index in [0.29, 0.717) is 0 Å². The number of carbonyl (C=O) groups is 1. The third-order valence-corrected chi connectivity index (χ3v) is 14.8.